The van der Waals surface area contributed by atoms with E-state index in [9.17, 15) is 26.7 Å². The Hall–Kier alpha value is -3.37. The number of sulfonamides is 1. The van der Waals surface area contributed by atoms with Crippen molar-refractivity contribution in [3.05, 3.63) is 78.4 Å². The molecule has 0 aliphatic heterocycles. The fraction of sp³-hybridized carbons (Fsp3) is 0.174. The predicted octanol–water partition coefficient (Wildman–Crippen LogP) is 3.65. The first-order chi connectivity index (χ1) is 15.6. The highest BCUT2D eigenvalue weighted by Crippen LogP contribution is 2.28. The molecule has 0 atom stereocenters. The topological polar surface area (TPSA) is 121 Å². The second kappa shape index (κ2) is 9.63. The van der Waals surface area contributed by atoms with Gasteiger partial charge in [0.2, 0.25) is 0 Å². The normalized spacial score (nSPS) is 11.7. The van der Waals surface area contributed by atoms with E-state index in [1.807, 2.05) is 0 Å². The molecule has 0 aliphatic rings. The molecule has 10 heteroatoms. The van der Waals surface area contributed by atoms with E-state index in [1.165, 1.54) is 53.7 Å². The summed E-state index contributed by atoms with van der Waals surface area (Å²) < 4.78 is 51.9. The van der Waals surface area contributed by atoms with E-state index in [4.69, 9.17) is 0 Å². The van der Waals surface area contributed by atoms with Gasteiger partial charge < -0.3 is 10.4 Å². The highest BCUT2D eigenvalue weighted by molar-refractivity contribution is 7.92. The number of sulfone groups is 1. The Labute approximate surface area is 193 Å². The van der Waals surface area contributed by atoms with Gasteiger partial charge in [0.15, 0.2) is 9.84 Å². The molecule has 2 N–H and O–H groups in total. The molecule has 3 rings (SSSR count). The summed E-state index contributed by atoms with van der Waals surface area (Å²) in [6.07, 6.45) is 0. The Morgan fingerprint density at radius 2 is 1.58 bits per heavy atom. The van der Waals surface area contributed by atoms with E-state index in [0.29, 0.717) is 5.69 Å². The maximum atomic E-state index is 13.2. The number of hydrogen-bond acceptors (Lipinski definition) is 6. The maximum Gasteiger partial charge on any atom is 0.264 e. The molecule has 0 saturated carbocycles. The fourth-order valence-electron chi connectivity index (χ4n) is 3.18. The van der Waals surface area contributed by atoms with E-state index in [0.717, 1.165) is 0 Å². The first-order valence-electron chi connectivity index (χ1n) is 10.1. The van der Waals surface area contributed by atoms with Crippen LogP contribution in [0.3, 0.4) is 0 Å². The Morgan fingerprint density at radius 3 is 2.21 bits per heavy atom. The number of carbonyl (C=O) groups excluding carboxylic acids is 1. The van der Waals surface area contributed by atoms with E-state index >= 15 is 0 Å². The third-order valence-corrected chi connectivity index (χ3v) is 8.60. The van der Waals surface area contributed by atoms with Crippen LogP contribution in [0.25, 0.3) is 0 Å². The van der Waals surface area contributed by atoms with Crippen LogP contribution in [0, 0.1) is 0 Å². The summed E-state index contributed by atoms with van der Waals surface area (Å²) in [7, 11) is -7.50. The summed E-state index contributed by atoms with van der Waals surface area (Å²) in [5.74, 6) is -1.15. The lowest BCUT2D eigenvalue weighted by Gasteiger charge is -2.23. The number of aromatic hydroxyl groups is 1. The minimum Gasteiger partial charge on any atom is -0.506 e. The lowest BCUT2D eigenvalue weighted by molar-refractivity contribution is 0.102. The Morgan fingerprint density at radius 1 is 0.879 bits per heavy atom. The smallest absolute Gasteiger partial charge is 0.264 e. The molecule has 0 spiro atoms. The number of nitrogens with zero attached hydrogens (tertiary/aromatic N) is 1. The highest BCUT2D eigenvalue weighted by atomic mass is 32.2. The number of carbonyl (C=O) groups is 1. The highest BCUT2D eigenvalue weighted by Gasteiger charge is 2.24. The van der Waals surface area contributed by atoms with Crippen LogP contribution >= 0.6 is 0 Å². The standard InChI is InChI=1S/C23H24N2O6S2/c1-3-25(18-10-6-5-7-11-18)33(30,31)20-12-8-9-17(15-20)23(27)24-21-16-19(13-14-22(21)26)32(28,29)4-2/h5-16,26H,3-4H2,1-2H3,(H,24,27). The van der Waals surface area contributed by atoms with E-state index in [1.54, 1.807) is 37.3 Å². The largest absolute Gasteiger partial charge is 0.506 e. The zero-order valence-corrected chi connectivity index (χ0v) is 19.7. The van der Waals surface area contributed by atoms with Crippen LogP contribution < -0.4 is 9.62 Å². The number of benzene rings is 3. The molecule has 0 heterocycles. The number of phenols is 1. The number of amides is 1. The average molecular weight is 489 g/mol. The minimum atomic E-state index is -3.95. The van der Waals surface area contributed by atoms with Crippen molar-refractivity contribution in [3.63, 3.8) is 0 Å². The number of phenolic OH excluding ortho intramolecular Hbond substituents is 1. The van der Waals surface area contributed by atoms with Gasteiger partial charge in [-0.15, -0.1) is 0 Å². The molecular weight excluding hydrogens is 464 g/mol. The van der Waals surface area contributed by atoms with E-state index in [2.05, 4.69) is 5.32 Å². The SMILES string of the molecule is CCN(c1ccccc1)S(=O)(=O)c1cccc(C(=O)Nc2cc(S(=O)(=O)CC)ccc2O)c1. The van der Waals surface area contributed by atoms with Crippen molar-refractivity contribution in [2.24, 2.45) is 0 Å². The number of nitrogens with one attached hydrogen (secondary N) is 1. The molecular formula is C23H24N2O6S2. The number of rotatable bonds is 8. The van der Waals surface area contributed by atoms with Gasteiger partial charge in [-0.25, -0.2) is 16.8 Å². The Balaban J connectivity index is 1.93. The van der Waals surface area contributed by atoms with Gasteiger partial charge in [0.25, 0.3) is 15.9 Å². The van der Waals surface area contributed by atoms with Crippen molar-refractivity contribution < 1.29 is 26.7 Å². The number of para-hydroxylation sites is 1. The second-order valence-electron chi connectivity index (χ2n) is 7.07. The minimum absolute atomic E-state index is 0.0309. The average Bonchev–Trinajstić information content (AvgIpc) is 2.81. The quantitative estimate of drug-likeness (QED) is 0.467. The molecule has 0 saturated heterocycles. The van der Waals surface area contributed by atoms with Gasteiger partial charge in [-0.1, -0.05) is 31.2 Å². The molecule has 3 aromatic carbocycles. The van der Waals surface area contributed by atoms with Gasteiger partial charge in [-0.05, 0) is 55.5 Å². The van der Waals surface area contributed by atoms with Crippen LogP contribution in [0.1, 0.15) is 24.2 Å². The maximum absolute atomic E-state index is 13.2. The molecule has 3 aromatic rings. The van der Waals surface area contributed by atoms with Crippen molar-refractivity contribution in [3.8, 4) is 5.75 Å². The summed E-state index contributed by atoms with van der Waals surface area (Å²) in [6.45, 7) is 3.39. The lowest BCUT2D eigenvalue weighted by atomic mass is 10.2. The molecule has 0 bridgehead atoms. The van der Waals surface area contributed by atoms with E-state index < -0.39 is 25.8 Å². The first-order valence-corrected chi connectivity index (χ1v) is 13.2. The molecule has 8 nitrogen and oxygen atoms in total. The number of anilines is 2. The zero-order valence-electron chi connectivity index (χ0n) is 18.1. The van der Waals surface area contributed by atoms with Gasteiger partial charge in [-0.2, -0.15) is 0 Å². The van der Waals surface area contributed by atoms with Crippen molar-refractivity contribution in [1.29, 1.82) is 0 Å². The molecule has 0 aliphatic carbocycles. The van der Waals surface area contributed by atoms with Crippen molar-refractivity contribution in [2.45, 2.75) is 23.6 Å². The third kappa shape index (κ3) is 5.18. The summed E-state index contributed by atoms with van der Waals surface area (Å²) in [5, 5.41) is 12.5. The van der Waals surface area contributed by atoms with Gasteiger partial charge in [-0.3, -0.25) is 9.10 Å². The molecule has 0 unspecified atom stereocenters. The molecule has 33 heavy (non-hydrogen) atoms. The molecule has 174 valence electrons. The predicted molar refractivity (Wildman–Crippen MR) is 127 cm³/mol. The summed E-state index contributed by atoms with van der Waals surface area (Å²) >= 11 is 0. The monoisotopic (exact) mass is 488 g/mol. The van der Waals surface area contributed by atoms with Crippen molar-refractivity contribution in [1.82, 2.24) is 0 Å². The summed E-state index contributed by atoms with van der Waals surface area (Å²) in [4.78, 5) is 12.7. The van der Waals surface area contributed by atoms with Crippen LogP contribution in [-0.2, 0) is 19.9 Å². The summed E-state index contributed by atoms with van der Waals surface area (Å²) in [5.41, 5.74) is 0.430. The molecule has 1 amide bonds. The van der Waals surface area contributed by atoms with Gasteiger partial charge >= 0.3 is 0 Å². The second-order valence-corrected chi connectivity index (χ2v) is 11.2. The number of hydrogen-bond donors (Lipinski definition) is 2. The van der Waals surface area contributed by atoms with Crippen LogP contribution in [0.4, 0.5) is 11.4 Å². The molecule has 0 radical (unpaired) electrons. The van der Waals surface area contributed by atoms with Crippen LogP contribution in [0.2, 0.25) is 0 Å². The third-order valence-electron chi connectivity index (χ3n) is 4.97. The fourth-order valence-corrected chi connectivity index (χ4v) is 5.61. The Kier molecular flexibility index (Phi) is 7.09. The van der Waals surface area contributed by atoms with E-state index in [-0.39, 0.29) is 39.1 Å². The van der Waals surface area contributed by atoms with Crippen LogP contribution in [0.15, 0.2) is 82.6 Å². The van der Waals surface area contributed by atoms with Gasteiger partial charge in [0.1, 0.15) is 5.75 Å². The zero-order chi connectivity index (χ0) is 24.2. The van der Waals surface area contributed by atoms with Crippen molar-refractivity contribution >= 4 is 37.1 Å². The van der Waals surface area contributed by atoms with Gasteiger partial charge in [0.05, 0.1) is 26.9 Å². The van der Waals surface area contributed by atoms with Crippen LogP contribution in [0.5, 0.6) is 5.75 Å². The van der Waals surface area contributed by atoms with Gasteiger partial charge in [0, 0.05) is 12.1 Å². The lowest BCUT2D eigenvalue weighted by Crippen LogP contribution is -2.31. The van der Waals surface area contributed by atoms with Crippen molar-refractivity contribution in [2.75, 3.05) is 21.9 Å². The first kappa shape index (κ1) is 24.3. The molecule has 0 fully saturated rings. The summed E-state index contributed by atoms with van der Waals surface area (Å²) in [6, 6.07) is 17.7. The van der Waals surface area contributed by atoms with Crippen LogP contribution in [-0.4, -0.2) is 40.1 Å². The Bertz CT molecular complexity index is 1370. The molecule has 0 aromatic heterocycles.